The average Bonchev–Trinajstić information content (AvgIpc) is 2.39. The molecule has 0 spiro atoms. The highest BCUT2D eigenvalue weighted by atomic mass is 16.5. The monoisotopic (exact) mass is 266 g/mol. The zero-order valence-electron chi connectivity index (χ0n) is 11.7. The fourth-order valence-corrected chi connectivity index (χ4v) is 2.18. The summed E-state index contributed by atoms with van der Waals surface area (Å²) in [6.45, 7) is 6.09. The SMILES string of the molecule is CCCC(O)(C(=O)O)C(C)c1ccc(OCC)cc1. The Morgan fingerprint density at radius 3 is 2.32 bits per heavy atom. The Balaban J connectivity index is 2.96. The number of carbonyl (C=O) groups is 1. The van der Waals surface area contributed by atoms with Crippen LogP contribution in [-0.4, -0.2) is 28.4 Å². The number of ether oxygens (including phenoxy) is 1. The van der Waals surface area contributed by atoms with E-state index in [1.165, 1.54) is 0 Å². The normalized spacial score (nSPS) is 15.6. The Morgan fingerprint density at radius 1 is 1.32 bits per heavy atom. The molecule has 19 heavy (non-hydrogen) atoms. The Bertz CT molecular complexity index is 413. The first kappa shape index (κ1) is 15.5. The second-order valence-electron chi connectivity index (χ2n) is 4.70. The van der Waals surface area contributed by atoms with Crippen molar-refractivity contribution in [3.8, 4) is 5.75 Å². The van der Waals surface area contributed by atoms with Crippen LogP contribution in [0.1, 0.15) is 45.1 Å². The van der Waals surface area contributed by atoms with Gasteiger partial charge in [-0.05, 0) is 31.0 Å². The van der Waals surface area contributed by atoms with Gasteiger partial charge in [0.25, 0.3) is 0 Å². The lowest BCUT2D eigenvalue weighted by atomic mass is 9.80. The molecule has 0 aliphatic carbocycles. The molecule has 0 saturated carbocycles. The minimum atomic E-state index is -1.72. The molecule has 1 rings (SSSR count). The maximum Gasteiger partial charge on any atom is 0.336 e. The van der Waals surface area contributed by atoms with Crippen molar-refractivity contribution in [1.82, 2.24) is 0 Å². The summed E-state index contributed by atoms with van der Waals surface area (Å²) in [6.07, 6.45) is 0.848. The number of hydrogen-bond donors (Lipinski definition) is 2. The number of rotatable bonds is 7. The molecule has 0 radical (unpaired) electrons. The van der Waals surface area contributed by atoms with Crippen LogP contribution in [0.15, 0.2) is 24.3 Å². The maximum atomic E-state index is 11.3. The van der Waals surface area contributed by atoms with Crippen LogP contribution in [0.3, 0.4) is 0 Å². The van der Waals surface area contributed by atoms with Gasteiger partial charge in [-0.2, -0.15) is 0 Å². The van der Waals surface area contributed by atoms with Gasteiger partial charge in [0.15, 0.2) is 5.60 Å². The van der Waals surface area contributed by atoms with Crippen LogP contribution in [-0.2, 0) is 4.79 Å². The summed E-state index contributed by atoms with van der Waals surface area (Å²) in [6, 6.07) is 7.20. The van der Waals surface area contributed by atoms with Crippen LogP contribution < -0.4 is 4.74 Å². The largest absolute Gasteiger partial charge is 0.494 e. The number of carboxylic acid groups (broad SMARTS) is 1. The van der Waals surface area contributed by atoms with Crippen molar-refractivity contribution >= 4 is 5.97 Å². The molecule has 0 bridgehead atoms. The van der Waals surface area contributed by atoms with Gasteiger partial charge in [-0.25, -0.2) is 4.79 Å². The smallest absolute Gasteiger partial charge is 0.336 e. The van der Waals surface area contributed by atoms with E-state index in [0.717, 1.165) is 11.3 Å². The highest BCUT2D eigenvalue weighted by molar-refractivity contribution is 5.78. The van der Waals surface area contributed by atoms with Gasteiger partial charge in [0.05, 0.1) is 6.61 Å². The molecule has 0 aromatic heterocycles. The van der Waals surface area contributed by atoms with E-state index in [9.17, 15) is 15.0 Å². The molecular weight excluding hydrogens is 244 g/mol. The van der Waals surface area contributed by atoms with Gasteiger partial charge in [0.1, 0.15) is 5.75 Å². The zero-order valence-corrected chi connectivity index (χ0v) is 11.7. The first-order chi connectivity index (χ1) is 8.95. The third-order valence-electron chi connectivity index (χ3n) is 3.41. The first-order valence-electron chi connectivity index (χ1n) is 6.64. The predicted molar refractivity (Wildman–Crippen MR) is 73.5 cm³/mol. The predicted octanol–water partition coefficient (Wildman–Crippen LogP) is 2.80. The van der Waals surface area contributed by atoms with E-state index in [-0.39, 0.29) is 6.42 Å². The molecular formula is C15H22O4. The number of benzene rings is 1. The minimum absolute atomic E-state index is 0.233. The number of hydrogen-bond acceptors (Lipinski definition) is 3. The number of aliphatic carboxylic acids is 1. The Morgan fingerprint density at radius 2 is 1.89 bits per heavy atom. The van der Waals surface area contributed by atoms with E-state index in [2.05, 4.69) is 0 Å². The van der Waals surface area contributed by atoms with Crippen molar-refractivity contribution in [2.75, 3.05) is 6.61 Å². The lowest BCUT2D eigenvalue weighted by molar-refractivity contribution is -0.161. The van der Waals surface area contributed by atoms with E-state index in [1.807, 2.05) is 13.8 Å². The Hall–Kier alpha value is -1.55. The third kappa shape index (κ3) is 3.47. The average molecular weight is 266 g/mol. The molecule has 2 unspecified atom stereocenters. The standard InChI is InChI=1S/C15H22O4/c1-4-10-15(18,14(16)17)11(3)12-6-8-13(9-7-12)19-5-2/h6-9,11,18H,4-5,10H2,1-3H3,(H,16,17). The summed E-state index contributed by atoms with van der Waals surface area (Å²) >= 11 is 0. The van der Waals surface area contributed by atoms with E-state index >= 15 is 0 Å². The van der Waals surface area contributed by atoms with E-state index in [1.54, 1.807) is 31.2 Å². The van der Waals surface area contributed by atoms with E-state index in [4.69, 9.17) is 4.74 Å². The van der Waals surface area contributed by atoms with Gasteiger partial charge in [0.2, 0.25) is 0 Å². The molecule has 1 aromatic carbocycles. The van der Waals surface area contributed by atoms with Gasteiger partial charge >= 0.3 is 5.97 Å². The van der Waals surface area contributed by atoms with Gasteiger partial charge in [0, 0.05) is 5.92 Å². The molecule has 4 nitrogen and oxygen atoms in total. The fraction of sp³-hybridized carbons (Fsp3) is 0.533. The molecule has 0 amide bonds. The van der Waals surface area contributed by atoms with Crippen molar-refractivity contribution in [3.05, 3.63) is 29.8 Å². The van der Waals surface area contributed by atoms with Crippen LogP contribution in [0.5, 0.6) is 5.75 Å². The molecule has 106 valence electrons. The molecule has 0 heterocycles. The molecule has 0 aliphatic heterocycles. The lowest BCUT2D eigenvalue weighted by Gasteiger charge is -2.30. The van der Waals surface area contributed by atoms with Crippen molar-refractivity contribution < 1.29 is 19.7 Å². The van der Waals surface area contributed by atoms with Gasteiger partial charge in [-0.15, -0.1) is 0 Å². The Kier molecular flexibility index (Phi) is 5.36. The molecule has 0 fully saturated rings. The summed E-state index contributed by atoms with van der Waals surface area (Å²) in [7, 11) is 0. The Labute approximate surface area is 114 Å². The highest BCUT2D eigenvalue weighted by Gasteiger charge is 2.41. The van der Waals surface area contributed by atoms with Crippen molar-refractivity contribution in [1.29, 1.82) is 0 Å². The van der Waals surface area contributed by atoms with E-state index < -0.39 is 17.5 Å². The van der Waals surface area contributed by atoms with Crippen LogP contribution in [0.2, 0.25) is 0 Å². The van der Waals surface area contributed by atoms with Crippen LogP contribution in [0.25, 0.3) is 0 Å². The summed E-state index contributed by atoms with van der Waals surface area (Å²) in [5.41, 5.74) is -0.927. The first-order valence-corrected chi connectivity index (χ1v) is 6.64. The second kappa shape index (κ2) is 6.57. The molecule has 0 saturated heterocycles. The number of carboxylic acids is 1. The highest BCUT2D eigenvalue weighted by Crippen LogP contribution is 2.33. The van der Waals surface area contributed by atoms with Crippen molar-refractivity contribution in [2.24, 2.45) is 0 Å². The maximum absolute atomic E-state index is 11.3. The number of aliphatic hydroxyl groups is 1. The van der Waals surface area contributed by atoms with E-state index in [0.29, 0.717) is 13.0 Å². The molecule has 2 atom stereocenters. The topological polar surface area (TPSA) is 66.8 Å². The summed E-state index contributed by atoms with van der Waals surface area (Å²) in [4.78, 5) is 11.3. The molecule has 1 aromatic rings. The van der Waals surface area contributed by atoms with Crippen molar-refractivity contribution in [3.63, 3.8) is 0 Å². The summed E-state index contributed by atoms with van der Waals surface area (Å²) in [5, 5.41) is 19.6. The van der Waals surface area contributed by atoms with Gasteiger partial charge < -0.3 is 14.9 Å². The van der Waals surface area contributed by atoms with Crippen molar-refractivity contribution in [2.45, 2.75) is 45.1 Å². The fourth-order valence-electron chi connectivity index (χ4n) is 2.18. The summed E-state index contributed by atoms with van der Waals surface area (Å²) < 4.78 is 5.34. The van der Waals surface area contributed by atoms with Gasteiger partial charge in [-0.3, -0.25) is 0 Å². The third-order valence-corrected chi connectivity index (χ3v) is 3.41. The van der Waals surface area contributed by atoms with Gasteiger partial charge in [-0.1, -0.05) is 32.4 Å². The molecule has 4 heteroatoms. The summed E-state index contributed by atoms with van der Waals surface area (Å²) in [5.74, 6) is -0.899. The van der Waals surface area contributed by atoms with Crippen LogP contribution >= 0.6 is 0 Å². The minimum Gasteiger partial charge on any atom is -0.494 e. The van der Waals surface area contributed by atoms with Crippen LogP contribution in [0, 0.1) is 0 Å². The second-order valence-corrected chi connectivity index (χ2v) is 4.70. The lowest BCUT2D eigenvalue weighted by Crippen LogP contribution is -2.43. The molecule has 0 aliphatic rings. The van der Waals surface area contributed by atoms with Crippen LogP contribution in [0.4, 0.5) is 0 Å². The quantitative estimate of drug-likeness (QED) is 0.796. The molecule has 2 N–H and O–H groups in total. The zero-order chi connectivity index (χ0) is 14.5.